The SMILES string of the molecule is COCCNCc1noc([C@H](CCCC2CCCCC2)C(C(=O)O)C(C)(C)C)n1. The molecule has 0 spiro atoms. The van der Waals surface area contributed by atoms with Crippen molar-refractivity contribution >= 4 is 5.97 Å². The second-order valence-electron chi connectivity index (χ2n) is 9.44. The molecule has 2 atom stereocenters. The molecule has 1 aliphatic rings. The van der Waals surface area contributed by atoms with E-state index in [1.165, 1.54) is 32.1 Å². The molecule has 1 heterocycles. The van der Waals surface area contributed by atoms with Gasteiger partial charge < -0.3 is 19.7 Å². The number of carboxylic acids is 1. The number of ether oxygens (including phenoxy) is 1. The third-order valence-electron chi connectivity index (χ3n) is 6.02. The Labute approximate surface area is 175 Å². The lowest BCUT2D eigenvalue weighted by molar-refractivity contribution is -0.147. The summed E-state index contributed by atoms with van der Waals surface area (Å²) in [6, 6.07) is 0. The molecule has 1 aliphatic carbocycles. The maximum atomic E-state index is 12.2. The molecule has 0 radical (unpaired) electrons. The van der Waals surface area contributed by atoms with Gasteiger partial charge in [0.1, 0.15) is 0 Å². The first-order valence-electron chi connectivity index (χ1n) is 11.1. The van der Waals surface area contributed by atoms with Crippen molar-refractivity contribution < 1.29 is 19.2 Å². The number of aromatic nitrogens is 2. The molecule has 0 saturated heterocycles. The second kappa shape index (κ2) is 11.6. The van der Waals surface area contributed by atoms with Crippen molar-refractivity contribution in [2.75, 3.05) is 20.3 Å². The number of rotatable bonds is 12. The van der Waals surface area contributed by atoms with Crippen molar-refractivity contribution in [3.8, 4) is 0 Å². The van der Waals surface area contributed by atoms with E-state index in [0.29, 0.717) is 31.4 Å². The minimum absolute atomic E-state index is 0.267. The summed E-state index contributed by atoms with van der Waals surface area (Å²) >= 11 is 0. The zero-order chi connectivity index (χ0) is 21.3. The summed E-state index contributed by atoms with van der Waals surface area (Å²) in [5.41, 5.74) is -0.396. The molecule has 1 saturated carbocycles. The Balaban J connectivity index is 2.07. The van der Waals surface area contributed by atoms with Crippen LogP contribution in [0.2, 0.25) is 0 Å². The number of nitrogens with zero attached hydrogens (tertiary/aromatic N) is 2. The van der Waals surface area contributed by atoms with E-state index in [1.807, 2.05) is 20.8 Å². The number of carbonyl (C=O) groups is 1. The molecule has 7 heteroatoms. The summed E-state index contributed by atoms with van der Waals surface area (Å²) in [6.45, 7) is 7.72. The van der Waals surface area contributed by atoms with E-state index in [2.05, 4.69) is 15.5 Å². The van der Waals surface area contributed by atoms with Crippen molar-refractivity contribution in [3.63, 3.8) is 0 Å². The van der Waals surface area contributed by atoms with E-state index in [4.69, 9.17) is 9.26 Å². The maximum absolute atomic E-state index is 12.2. The quantitative estimate of drug-likeness (QED) is 0.494. The summed E-state index contributed by atoms with van der Waals surface area (Å²) in [7, 11) is 1.66. The first-order chi connectivity index (χ1) is 13.8. The molecule has 2 N–H and O–H groups in total. The van der Waals surface area contributed by atoms with Crippen LogP contribution in [0, 0.1) is 17.3 Å². The van der Waals surface area contributed by atoms with Crippen molar-refractivity contribution in [1.29, 1.82) is 0 Å². The Kier molecular flexibility index (Phi) is 9.56. The van der Waals surface area contributed by atoms with Crippen LogP contribution in [0.1, 0.15) is 89.8 Å². The smallest absolute Gasteiger partial charge is 0.307 e. The lowest BCUT2D eigenvalue weighted by Gasteiger charge is -2.32. The van der Waals surface area contributed by atoms with Gasteiger partial charge in [-0.1, -0.05) is 70.9 Å². The highest BCUT2D eigenvalue weighted by atomic mass is 16.5. The predicted octanol–water partition coefficient (Wildman–Crippen LogP) is 4.39. The zero-order valence-corrected chi connectivity index (χ0v) is 18.6. The normalized spacial score (nSPS) is 17.9. The number of carboxylic acid groups (broad SMARTS) is 1. The number of hydrogen-bond donors (Lipinski definition) is 2. The molecule has 1 aromatic rings. The van der Waals surface area contributed by atoms with Crippen molar-refractivity contribution in [1.82, 2.24) is 15.5 Å². The average Bonchev–Trinajstić information content (AvgIpc) is 3.12. The lowest BCUT2D eigenvalue weighted by Crippen LogP contribution is -2.34. The fraction of sp³-hybridized carbons (Fsp3) is 0.864. The third kappa shape index (κ3) is 7.70. The molecule has 166 valence electrons. The van der Waals surface area contributed by atoms with Gasteiger partial charge in [-0.3, -0.25) is 4.79 Å². The van der Waals surface area contributed by atoms with E-state index in [1.54, 1.807) is 7.11 Å². The number of methoxy groups -OCH3 is 1. The zero-order valence-electron chi connectivity index (χ0n) is 18.6. The van der Waals surface area contributed by atoms with Crippen LogP contribution in [0.15, 0.2) is 4.52 Å². The fourth-order valence-corrected chi connectivity index (χ4v) is 4.55. The lowest BCUT2D eigenvalue weighted by atomic mass is 9.71. The summed E-state index contributed by atoms with van der Waals surface area (Å²) in [5, 5.41) is 17.3. The second-order valence-corrected chi connectivity index (χ2v) is 9.44. The molecule has 0 aliphatic heterocycles. The topological polar surface area (TPSA) is 97.5 Å². The molecule has 0 aromatic carbocycles. The van der Waals surface area contributed by atoms with Crippen LogP contribution in [0.5, 0.6) is 0 Å². The average molecular weight is 410 g/mol. The van der Waals surface area contributed by atoms with Gasteiger partial charge >= 0.3 is 5.97 Å². The van der Waals surface area contributed by atoms with Crippen LogP contribution in [-0.4, -0.2) is 41.5 Å². The van der Waals surface area contributed by atoms with Gasteiger partial charge in [0.15, 0.2) is 5.82 Å². The Bertz CT molecular complexity index is 605. The van der Waals surface area contributed by atoms with Crippen LogP contribution < -0.4 is 5.32 Å². The highest BCUT2D eigenvalue weighted by molar-refractivity contribution is 5.72. The van der Waals surface area contributed by atoms with E-state index in [0.717, 1.165) is 25.2 Å². The Morgan fingerprint density at radius 1 is 1.31 bits per heavy atom. The molecule has 2 rings (SSSR count). The van der Waals surface area contributed by atoms with Gasteiger partial charge in [0.2, 0.25) is 5.89 Å². The predicted molar refractivity (Wildman–Crippen MR) is 112 cm³/mol. The Hall–Kier alpha value is -1.47. The maximum Gasteiger partial charge on any atom is 0.307 e. The summed E-state index contributed by atoms with van der Waals surface area (Å²) in [5.74, 6) is 0.176. The number of nitrogens with one attached hydrogen (secondary N) is 1. The summed E-state index contributed by atoms with van der Waals surface area (Å²) < 4.78 is 10.6. The van der Waals surface area contributed by atoms with Crippen LogP contribution in [-0.2, 0) is 16.1 Å². The molecular formula is C22H39N3O4. The molecule has 1 unspecified atom stereocenters. The Morgan fingerprint density at radius 2 is 2.03 bits per heavy atom. The minimum atomic E-state index is -0.793. The van der Waals surface area contributed by atoms with E-state index in [-0.39, 0.29) is 5.92 Å². The van der Waals surface area contributed by atoms with Crippen LogP contribution in [0.4, 0.5) is 0 Å². The van der Waals surface area contributed by atoms with Crippen LogP contribution >= 0.6 is 0 Å². The third-order valence-corrected chi connectivity index (χ3v) is 6.02. The number of aliphatic carboxylic acids is 1. The molecule has 1 aromatic heterocycles. The molecular weight excluding hydrogens is 370 g/mol. The van der Waals surface area contributed by atoms with Gasteiger partial charge in [0.05, 0.1) is 25.0 Å². The van der Waals surface area contributed by atoms with Crippen molar-refractivity contribution in [2.24, 2.45) is 17.3 Å². The van der Waals surface area contributed by atoms with Crippen molar-refractivity contribution in [3.05, 3.63) is 11.7 Å². The molecule has 0 bridgehead atoms. The van der Waals surface area contributed by atoms with Gasteiger partial charge in [0, 0.05) is 13.7 Å². The van der Waals surface area contributed by atoms with Gasteiger partial charge in [-0.2, -0.15) is 4.98 Å². The highest BCUT2D eigenvalue weighted by Gasteiger charge is 2.41. The van der Waals surface area contributed by atoms with Crippen molar-refractivity contribution in [2.45, 2.75) is 84.6 Å². The van der Waals surface area contributed by atoms with Gasteiger partial charge in [0.25, 0.3) is 0 Å². The van der Waals surface area contributed by atoms with Gasteiger partial charge in [-0.25, -0.2) is 0 Å². The molecule has 29 heavy (non-hydrogen) atoms. The first-order valence-corrected chi connectivity index (χ1v) is 11.1. The monoisotopic (exact) mass is 409 g/mol. The minimum Gasteiger partial charge on any atom is -0.481 e. The van der Waals surface area contributed by atoms with E-state index >= 15 is 0 Å². The molecule has 7 nitrogen and oxygen atoms in total. The highest BCUT2D eigenvalue weighted by Crippen LogP contribution is 2.41. The largest absolute Gasteiger partial charge is 0.481 e. The standard InChI is InChI=1S/C22H39N3O4/c1-22(2,3)19(21(26)27)17(12-8-11-16-9-6-5-7-10-16)20-24-18(25-29-20)15-23-13-14-28-4/h16-17,19,23H,5-15H2,1-4H3,(H,26,27)/t17-,19?/m1/s1. The van der Waals surface area contributed by atoms with Crippen LogP contribution in [0.25, 0.3) is 0 Å². The molecule has 1 fully saturated rings. The van der Waals surface area contributed by atoms with Gasteiger partial charge in [-0.15, -0.1) is 0 Å². The number of hydrogen-bond acceptors (Lipinski definition) is 6. The molecule has 0 amide bonds. The van der Waals surface area contributed by atoms with E-state index < -0.39 is 17.3 Å². The Morgan fingerprint density at radius 3 is 2.66 bits per heavy atom. The van der Waals surface area contributed by atoms with Gasteiger partial charge in [-0.05, 0) is 17.8 Å². The summed E-state index contributed by atoms with van der Waals surface area (Å²) in [6.07, 6.45) is 9.56. The summed E-state index contributed by atoms with van der Waals surface area (Å²) in [4.78, 5) is 16.7. The van der Waals surface area contributed by atoms with Crippen LogP contribution in [0.3, 0.4) is 0 Å². The fourth-order valence-electron chi connectivity index (χ4n) is 4.55. The first kappa shape index (κ1) is 23.8. The van der Waals surface area contributed by atoms with E-state index in [9.17, 15) is 9.90 Å².